The lowest BCUT2D eigenvalue weighted by Gasteiger charge is -2.37. The van der Waals surface area contributed by atoms with Crippen LogP contribution in [-0.2, 0) is 16.0 Å². The minimum atomic E-state index is -0.137. The van der Waals surface area contributed by atoms with Crippen LogP contribution in [0.4, 0.5) is 0 Å². The summed E-state index contributed by atoms with van der Waals surface area (Å²) >= 11 is 6.33. The summed E-state index contributed by atoms with van der Waals surface area (Å²) in [6.45, 7) is 3.00. The molecule has 4 nitrogen and oxygen atoms in total. The molecule has 21 heavy (non-hydrogen) atoms. The van der Waals surface area contributed by atoms with Crippen LogP contribution in [0.1, 0.15) is 24.8 Å². The first-order valence-corrected chi connectivity index (χ1v) is 7.90. The third-order valence-corrected chi connectivity index (χ3v) is 4.48. The molecule has 0 aromatic heterocycles. The van der Waals surface area contributed by atoms with Crippen molar-refractivity contribution in [1.82, 2.24) is 5.32 Å². The summed E-state index contributed by atoms with van der Waals surface area (Å²) in [5, 5.41) is 3.79. The van der Waals surface area contributed by atoms with Gasteiger partial charge in [-0.2, -0.15) is 0 Å². The lowest BCUT2D eigenvalue weighted by molar-refractivity contribution is -0.112. The Kier molecular flexibility index (Phi) is 4.69. The molecular formula is C16H22ClNO3. The number of nitrogens with one attached hydrogen (secondary N) is 1. The molecule has 1 N–H and O–H groups in total. The molecule has 2 unspecified atom stereocenters. The molecule has 116 valence electrons. The van der Waals surface area contributed by atoms with Gasteiger partial charge < -0.3 is 19.5 Å². The number of rotatable bonds is 4. The Bertz CT molecular complexity index is 488. The van der Waals surface area contributed by atoms with Crippen LogP contribution in [0.25, 0.3) is 0 Å². The second-order valence-electron chi connectivity index (χ2n) is 5.86. The van der Waals surface area contributed by atoms with Crippen LogP contribution in [0, 0.1) is 0 Å². The molecule has 2 saturated heterocycles. The molecule has 2 fully saturated rings. The Morgan fingerprint density at radius 3 is 3.05 bits per heavy atom. The molecule has 2 atom stereocenters. The van der Waals surface area contributed by atoms with Crippen molar-refractivity contribution < 1.29 is 14.2 Å². The van der Waals surface area contributed by atoms with Crippen molar-refractivity contribution >= 4 is 11.6 Å². The normalized spacial score (nSPS) is 29.0. The van der Waals surface area contributed by atoms with Crippen LogP contribution in [0.2, 0.25) is 5.02 Å². The van der Waals surface area contributed by atoms with Crippen molar-refractivity contribution in [3.05, 3.63) is 28.8 Å². The number of benzene rings is 1. The molecular weight excluding hydrogens is 290 g/mol. The number of halogens is 1. The zero-order valence-corrected chi connectivity index (χ0v) is 13.1. The van der Waals surface area contributed by atoms with E-state index < -0.39 is 0 Å². The van der Waals surface area contributed by atoms with E-state index in [4.69, 9.17) is 25.8 Å². The van der Waals surface area contributed by atoms with Gasteiger partial charge in [0.25, 0.3) is 0 Å². The van der Waals surface area contributed by atoms with Gasteiger partial charge in [0.1, 0.15) is 11.9 Å². The highest BCUT2D eigenvalue weighted by atomic mass is 35.5. The molecule has 1 aromatic carbocycles. The average Bonchev–Trinajstić information content (AvgIpc) is 2.90. The molecule has 0 amide bonds. The van der Waals surface area contributed by atoms with Crippen LogP contribution >= 0.6 is 11.6 Å². The van der Waals surface area contributed by atoms with Gasteiger partial charge in [0, 0.05) is 32.4 Å². The number of ether oxygens (including phenoxy) is 3. The fourth-order valence-corrected chi connectivity index (χ4v) is 3.33. The van der Waals surface area contributed by atoms with Crippen molar-refractivity contribution in [3.8, 4) is 5.75 Å². The van der Waals surface area contributed by atoms with Crippen molar-refractivity contribution in [1.29, 1.82) is 0 Å². The van der Waals surface area contributed by atoms with E-state index in [1.807, 2.05) is 25.2 Å². The minimum Gasteiger partial charge on any atom is -0.489 e. The molecule has 1 spiro atoms. The van der Waals surface area contributed by atoms with E-state index in [0.717, 1.165) is 50.3 Å². The third kappa shape index (κ3) is 3.51. The summed E-state index contributed by atoms with van der Waals surface area (Å²) in [4.78, 5) is 0. The summed E-state index contributed by atoms with van der Waals surface area (Å²) < 4.78 is 17.5. The number of hydrogen-bond acceptors (Lipinski definition) is 4. The maximum atomic E-state index is 6.33. The molecule has 0 bridgehead atoms. The molecule has 2 aliphatic heterocycles. The molecule has 0 aliphatic carbocycles. The third-order valence-electron chi connectivity index (χ3n) is 4.19. The second-order valence-corrected chi connectivity index (χ2v) is 6.27. The molecule has 2 heterocycles. The molecule has 3 rings (SSSR count). The maximum absolute atomic E-state index is 6.33. The lowest BCUT2D eigenvalue weighted by atomic mass is 9.91. The summed E-state index contributed by atoms with van der Waals surface area (Å²) in [6.07, 6.45) is 2.88. The summed E-state index contributed by atoms with van der Waals surface area (Å²) in [5.41, 5.74) is 1.02. The first-order chi connectivity index (χ1) is 10.2. The fourth-order valence-electron chi connectivity index (χ4n) is 3.08. The zero-order valence-electron chi connectivity index (χ0n) is 12.4. The first-order valence-electron chi connectivity index (χ1n) is 7.52. The highest BCUT2D eigenvalue weighted by Gasteiger charge is 2.41. The van der Waals surface area contributed by atoms with Gasteiger partial charge in [-0.1, -0.05) is 17.7 Å². The molecule has 2 aliphatic rings. The van der Waals surface area contributed by atoms with Gasteiger partial charge in [0.05, 0.1) is 23.8 Å². The van der Waals surface area contributed by atoms with Gasteiger partial charge in [-0.15, -0.1) is 0 Å². The average molecular weight is 312 g/mol. The van der Waals surface area contributed by atoms with Crippen LogP contribution < -0.4 is 10.1 Å². The Labute approximate surface area is 130 Å². The molecule has 1 aromatic rings. The fraction of sp³-hybridized carbons (Fsp3) is 0.625. The van der Waals surface area contributed by atoms with Crippen LogP contribution in [0.5, 0.6) is 5.75 Å². The Balaban J connectivity index is 1.65. The van der Waals surface area contributed by atoms with E-state index in [0.29, 0.717) is 11.6 Å². The van der Waals surface area contributed by atoms with Gasteiger partial charge in [0.2, 0.25) is 0 Å². The standard InChI is InChI=1S/C16H22ClNO3/c1-18-10-12-2-3-15(14(17)8-12)21-13-4-6-20-16(9-13)5-7-19-11-16/h2-3,8,13,18H,4-7,9-11H2,1H3. The predicted molar refractivity (Wildman–Crippen MR) is 82.0 cm³/mol. The Morgan fingerprint density at radius 1 is 1.43 bits per heavy atom. The number of hydrogen-bond donors (Lipinski definition) is 1. The molecule has 0 saturated carbocycles. The SMILES string of the molecule is CNCc1ccc(OC2CCOC3(CCOC3)C2)c(Cl)c1. The minimum absolute atomic E-state index is 0.137. The van der Waals surface area contributed by atoms with Crippen LogP contribution in [-0.4, -0.2) is 38.6 Å². The van der Waals surface area contributed by atoms with E-state index in [-0.39, 0.29) is 11.7 Å². The maximum Gasteiger partial charge on any atom is 0.138 e. The molecule has 5 heteroatoms. The summed E-state index contributed by atoms with van der Waals surface area (Å²) in [6, 6.07) is 5.97. The van der Waals surface area contributed by atoms with Crippen molar-refractivity contribution in [3.63, 3.8) is 0 Å². The van der Waals surface area contributed by atoms with E-state index in [2.05, 4.69) is 5.32 Å². The Hall–Kier alpha value is -0.810. The van der Waals surface area contributed by atoms with E-state index in [1.54, 1.807) is 0 Å². The molecule has 0 radical (unpaired) electrons. The van der Waals surface area contributed by atoms with E-state index in [1.165, 1.54) is 0 Å². The second kappa shape index (κ2) is 6.53. The van der Waals surface area contributed by atoms with Crippen LogP contribution in [0.3, 0.4) is 0 Å². The topological polar surface area (TPSA) is 39.7 Å². The van der Waals surface area contributed by atoms with Gasteiger partial charge in [0.15, 0.2) is 0 Å². The van der Waals surface area contributed by atoms with E-state index >= 15 is 0 Å². The van der Waals surface area contributed by atoms with Gasteiger partial charge in [-0.25, -0.2) is 0 Å². The van der Waals surface area contributed by atoms with Gasteiger partial charge in [-0.3, -0.25) is 0 Å². The van der Waals surface area contributed by atoms with Crippen molar-refractivity contribution in [2.24, 2.45) is 0 Å². The van der Waals surface area contributed by atoms with Crippen LogP contribution in [0.15, 0.2) is 18.2 Å². The van der Waals surface area contributed by atoms with Gasteiger partial charge in [-0.05, 0) is 24.7 Å². The smallest absolute Gasteiger partial charge is 0.138 e. The highest BCUT2D eigenvalue weighted by molar-refractivity contribution is 6.32. The van der Waals surface area contributed by atoms with Crippen molar-refractivity contribution in [2.45, 2.75) is 37.5 Å². The monoisotopic (exact) mass is 311 g/mol. The quantitative estimate of drug-likeness (QED) is 0.928. The predicted octanol–water partition coefficient (Wildman–Crippen LogP) is 2.78. The van der Waals surface area contributed by atoms with Gasteiger partial charge >= 0.3 is 0 Å². The van der Waals surface area contributed by atoms with E-state index in [9.17, 15) is 0 Å². The summed E-state index contributed by atoms with van der Waals surface area (Å²) in [7, 11) is 1.92. The lowest BCUT2D eigenvalue weighted by Crippen LogP contribution is -2.44. The Morgan fingerprint density at radius 2 is 2.33 bits per heavy atom. The first kappa shape index (κ1) is 15.1. The largest absolute Gasteiger partial charge is 0.489 e. The highest BCUT2D eigenvalue weighted by Crippen LogP contribution is 2.36. The zero-order chi connectivity index (χ0) is 14.7. The summed E-state index contributed by atoms with van der Waals surface area (Å²) in [5.74, 6) is 0.762. The van der Waals surface area contributed by atoms with Crippen molar-refractivity contribution in [2.75, 3.05) is 26.9 Å².